The number of imide groups is 1. The number of carbonyl (C=O) groups is 3. The van der Waals surface area contributed by atoms with Gasteiger partial charge in [0.05, 0.1) is 11.1 Å². The summed E-state index contributed by atoms with van der Waals surface area (Å²) in [6, 6.07) is 5.85. The van der Waals surface area contributed by atoms with E-state index < -0.39 is 17.9 Å². The van der Waals surface area contributed by atoms with Crippen LogP contribution in [0.1, 0.15) is 41.0 Å². The quantitative estimate of drug-likeness (QED) is 0.645. The molecule has 0 bridgehead atoms. The molecule has 1 N–H and O–H groups in total. The standard InChI is InChI=1S/C17H20N2O3/c1-4-9-18-15(20)14(10-11(2)3)19-16(21)12-7-5-6-8-13(12)17(19)22/h4-8,11,14H,1,9-10H2,2-3H3,(H,18,20). The second kappa shape index (κ2) is 6.56. The lowest BCUT2D eigenvalue weighted by Gasteiger charge is -2.26. The average Bonchev–Trinajstić information content (AvgIpc) is 2.74. The summed E-state index contributed by atoms with van der Waals surface area (Å²) in [5.74, 6) is -0.966. The van der Waals surface area contributed by atoms with Crippen molar-refractivity contribution in [3.05, 3.63) is 48.0 Å². The van der Waals surface area contributed by atoms with Crippen molar-refractivity contribution in [1.29, 1.82) is 0 Å². The van der Waals surface area contributed by atoms with E-state index in [1.165, 1.54) is 0 Å². The van der Waals surface area contributed by atoms with Crippen LogP contribution >= 0.6 is 0 Å². The first kappa shape index (κ1) is 15.9. The van der Waals surface area contributed by atoms with Crippen LogP contribution in [-0.4, -0.2) is 35.2 Å². The van der Waals surface area contributed by atoms with Gasteiger partial charge in [-0.25, -0.2) is 0 Å². The molecule has 0 spiro atoms. The summed E-state index contributed by atoms with van der Waals surface area (Å²) >= 11 is 0. The van der Waals surface area contributed by atoms with Crippen LogP contribution in [0.4, 0.5) is 0 Å². The zero-order chi connectivity index (χ0) is 16.3. The molecule has 0 fully saturated rings. The molecule has 22 heavy (non-hydrogen) atoms. The molecule has 116 valence electrons. The summed E-state index contributed by atoms with van der Waals surface area (Å²) in [6.07, 6.45) is 1.99. The maximum Gasteiger partial charge on any atom is 0.262 e. The predicted octanol–water partition coefficient (Wildman–Crippen LogP) is 2.00. The number of hydrogen-bond donors (Lipinski definition) is 1. The lowest BCUT2D eigenvalue weighted by atomic mass is 10.0. The van der Waals surface area contributed by atoms with Crippen LogP contribution in [0.5, 0.6) is 0 Å². The summed E-state index contributed by atoms with van der Waals surface area (Å²) in [7, 11) is 0. The highest BCUT2D eigenvalue weighted by atomic mass is 16.2. The Morgan fingerprint density at radius 2 is 1.77 bits per heavy atom. The van der Waals surface area contributed by atoms with Crippen molar-refractivity contribution in [3.8, 4) is 0 Å². The predicted molar refractivity (Wildman–Crippen MR) is 83.4 cm³/mol. The maximum absolute atomic E-state index is 12.5. The fourth-order valence-electron chi connectivity index (χ4n) is 2.56. The molecule has 5 nitrogen and oxygen atoms in total. The van der Waals surface area contributed by atoms with Crippen LogP contribution in [0.3, 0.4) is 0 Å². The third kappa shape index (κ3) is 2.93. The van der Waals surface area contributed by atoms with E-state index in [1.807, 2.05) is 13.8 Å². The van der Waals surface area contributed by atoms with Crippen molar-refractivity contribution in [1.82, 2.24) is 10.2 Å². The molecule has 1 heterocycles. The fraction of sp³-hybridized carbons (Fsp3) is 0.353. The Kier molecular flexibility index (Phi) is 4.75. The zero-order valence-corrected chi connectivity index (χ0v) is 12.8. The Bertz CT molecular complexity index is 587. The van der Waals surface area contributed by atoms with Gasteiger partial charge in [-0.2, -0.15) is 0 Å². The highest BCUT2D eigenvalue weighted by molar-refractivity contribution is 6.22. The van der Waals surface area contributed by atoms with E-state index in [4.69, 9.17) is 0 Å². The molecular weight excluding hydrogens is 280 g/mol. The van der Waals surface area contributed by atoms with Gasteiger partial charge in [-0.15, -0.1) is 6.58 Å². The van der Waals surface area contributed by atoms with Crippen LogP contribution in [0, 0.1) is 5.92 Å². The van der Waals surface area contributed by atoms with E-state index in [-0.39, 0.29) is 11.8 Å². The highest BCUT2D eigenvalue weighted by Crippen LogP contribution is 2.26. The van der Waals surface area contributed by atoms with Crippen LogP contribution in [0.15, 0.2) is 36.9 Å². The largest absolute Gasteiger partial charge is 0.351 e. The molecule has 1 aliphatic rings. The maximum atomic E-state index is 12.5. The van der Waals surface area contributed by atoms with E-state index >= 15 is 0 Å². The topological polar surface area (TPSA) is 66.5 Å². The summed E-state index contributed by atoms with van der Waals surface area (Å²) in [5, 5.41) is 2.68. The van der Waals surface area contributed by atoms with Crippen molar-refractivity contribution in [2.45, 2.75) is 26.3 Å². The van der Waals surface area contributed by atoms with Gasteiger partial charge in [0.1, 0.15) is 6.04 Å². The molecule has 1 unspecified atom stereocenters. The number of nitrogens with zero attached hydrogens (tertiary/aromatic N) is 1. The second-order valence-electron chi connectivity index (χ2n) is 5.71. The molecule has 0 saturated heterocycles. The van der Waals surface area contributed by atoms with Crippen molar-refractivity contribution < 1.29 is 14.4 Å². The number of benzene rings is 1. The van der Waals surface area contributed by atoms with E-state index in [1.54, 1.807) is 30.3 Å². The van der Waals surface area contributed by atoms with Gasteiger partial charge in [-0.1, -0.05) is 32.1 Å². The van der Waals surface area contributed by atoms with Gasteiger partial charge < -0.3 is 5.32 Å². The SMILES string of the molecule is C=CCNC(=O)C(CC(C)C)N1C(=O)c2ccccc2C1=O. The van der Waals surface area contributed by atoms with Crippen LogP contribution in [0.2, 0.25) is 0 Å². The summed E-state index contributed by atoms with van der Waals surface area (Å²) in [6.45, 7) is 7.75. The molecule has 1 aromatic carbocycles. The fourth-order valence-corrected chi connectivity index (χ4v) is 2.56. The number of hydrogen-bond acceptors (Lipinski definition) is 3. The monoisotopic (exact) mass is 300 g/mol. The lowest BCUT2D eigenvalue weighted by Crippen LogP contribution is -2.50. The number of rotatable bonds is 6. The van der Waals surface area contributed by atoms with Gasteiger partial charge in [0.15, 0.2) is 0 Å². The molecule has 1 atom stereocenters. The molecule has 0 radical (unpaired) electrons. The smallest absolute Gasteiger partial charge is 0.262 e. The van der Waals surface area contributed by atoms with Crippen molar-refractivity contribution in [2.75, 3.05) is 6.54 Å². The Morgan fingerprint density at radius 3 is 2.23 bits per heavy atom. The summed E-state index contributed by atoms with van der Waals surface area (Å²) in [4.78, 5) is 38.5. The van der Waals surface area contributed by atoms with Gasteiger partial charge in [-0.05, 0) is 24.5 Å². The van der Waals surface area contributed by atoms with Gasteiger partial charge in [0, 0.05) is 6.54 Å². The number of carbonyl (C=O) groups excluding carboxylic acids is 3. The number of amides is 3. The zero-order valence-electron chi connectivity index (χ0n) is 12.8. The summed E-state index contributed by atoms with van der Waals surface area (Å²) in [5.41, 5.74) is 0.718. The lowest BCUT2D eigenvalue weighted by molar-refractivity contribution is -0.125. The van der Waals surface area contributed by atoms with Crippen molar-refractivity contribution >= 4 is 17.7 Å². The highest BCUT2D eigenvalue weighted by Gasteiger charge is 2.42. The third-order valence-electron chi connectivity index (χ3n) is 3.56. The van der Waals surface area contributed by atoms with Crippen LogP contribution in [0.25, 0.3) is 0 Å². The molecule has 2 rings (SSSR count). The molecule has 0 aliphatic carbocycles. The van der Waals surface area contributed by atoms with Gasteiger partial charge in [-0.3, -0.25) is 19.3 Å². The molecule has 0 saturated carbocycles. The van der Waals surface area contributed by atoms with Crippen LogP contribution < -0.4 is 5.32 Å². The molecule has 0 aromatic heterocycles. The van der Waals surface area contributed by atoms with Crippen LogP contribution in [-0.2, 0) is 4.79 Å². The van der Waals surface area contributed by atoms with Crippen molar-refractivity contribution in [3.63, 3.8) is 0 Å². The molecule has 3 amide bonds. The van der Waals surface area contributed by atoms with E-state index in [9.17, 15) is 14.4 Å². The molecule has 5 heteroatoms. The Hall–Kier alpha value is -2.43. The van der Waals surface area contributed by atoms with Crippen molar-refractivity contribution in [2.24, 2.45) is 5.92 Å². The number of fused-ring (bicyclic) bond motifs is 1. The second-order valence-corrected chi connectivity index (χ2v) is 5.71. The minimum absolute atomic E-state index is 0.170. The van der Waals surface area contributed by atoms with Gasteiger partial charge >= 0.3 is 0 Å². The average molecular weight is 300 g/mol. The van der Waals surface area contributed by atoms with Gasteiger partial charge in [0.2, 0.25) is 5.91 Å². The minimum atomic E-state index is -0.799. The summed E-state index contributed by atoms with van der Waals surface area (Å²) < 4.78 is 0. The van der Waals surface area contributed by atoms with E-state index in [0.717, 1.165) is 4.90 Å². The first-order chi connectivity index (χ1) is 10.5. The minimum Gasteiger partial charge on any atom is -0.351 e. The third-order valence-corrected chi connectivity index (χ3v) is 3.56. The Labute approximate surface area is 130 Å². The number of nitrogens with one attached hydrogen (secondary N) is 1. The molecule has 1 aromatic rings. The first-order valence-corrected chi connectivity index (χ1v) is 7.33. The molecular formula is C17H20N2O3. The molecule has 1 aliphatic heterocycles. The Morgan fingerprint density at radius 1 is 1.23 bits per heavy atom. The van der Waals surface area contributed by atoms with E-state index in [2.05, 4.69) is 11.9 Å². The normalized spacial score (nSPS) is 15.0. The Balaban J connectivity index is 2.32. The van der Waals surface area contributed by atoms with Gasteiger partial charge in [0.25, 0.3) is 11.8 Å². The van der Waals surface area contributed by atoms with E-state index in [0.29, 0.717) is 24.1 Å². The first-order valence-electron chi connectivity index (χ1n) is 7.33.